The van der Waals surface area contributed by atoms with Crippen LogP contribution in [0, 0.1) is 6.92 Å². The van der Waals surface area contributed by atoms with Gasteiger partial charge in [0.2, 0.25) is 0 Å². The predicted molar refractivity (Wildman–Crippen MR) is 59.6 cm³/mol. The molecule has 0 heterocycles. The van der Waals surface area contributed by atoms with E-state index in [2.05, 4.69) is 5.32 Å². The zero-order valence-electron chi connectivity index (χ0n) is 8.95. The fourth-order valence-electron chi connectivity index (χ4n) is 1.30. The van der Waals surface area contributed by atoms with Crippen LogP contribution in [0.5, 0.6) is 0 Å². The van der Waals surface area contributed by atoms with Crippen molar-refractivity contribution in [3.8, 4) is 0 Å². The molecule has 0 aliphatic rings. The van der Waals surface area contributed by atoms with Crippen LogP contribution in [-0.2, 0) is 0 Å². The van der Waals surface area contributed by atoms with E-state index in [9.17, 15) is 4.79 Å². The Hall–Kier alpha value is -1.55. The highest BCUT2D eigenvalue weighted by atomic mass is 16.3. The first-order valence-corrected chi connectivity index (χ1v) is 4.82. The zero-order chi connectivity index (χ0) is 11.4. The number of nitrogens with two attached hydrogens (primary N) is 1. The molecule has 15 heavy (non-hydrogen) atoms. The van der Waals surface area contributed by atoms with E-state index in [1.807, 2.05) is 6.92 Å². The van der Waals surface area contributed by atoms with Gasteiger partial charge in [-0.25, -0.2) is 0 Å². The van der Waals surface area contributed by atoms with Crippen LogP contribution in [0.2, 0.25) is 0 Å². The number of aliphatic hydroxyl groups excluding tert-OH is 1. The van der Waals surface area contributed by atoms with Crippen molar-refractivity contribution in [2.24, 2.45) is 0 Å². The van der Waals surface area contributed by atoms with Gasteiger partial charge in [-0.15, -0.1) is 0 Å². The van der Waals surface area contributed by atoms with Gasteiger partial charge in [0.1, 0.15) is 0 Å². The molecular formula is C11H16N2O2. The van der Waals surface area contributed by atoms with Crippen molar-refractivity contribution in [2.45, 2.75) is 19.9 Å². The number of hydrogen-bond donors (Lipinski definition) is 3. The number of aliphatic hydroxyl groups is 1. The van der Waals surface area contributed by atoms with Crippen LogP contribution >= 0.6 is 0 Å². The molecule has 1 rings (SSSR count). The Kier molecular flexibility index (Phi) is 3.68. The summed E-state index contributed by atoms with van der Waals surface area (Å²) in [7, 11) is 0. The Morgan fingerprint density at radius 1 is 1.53 bits per heavy atom. The summed E-state index contributed by atoms with van der Waals surface area (Å²) in [5, 5.41) is 11.5. The lowest BCUT2D eigenvalue weighted by molar-refractivity contribution is 0.0922. The number of carbonyl (C=O) groups excluding carboxylic acids is 1. The standard InChI is InChI=1S/C11H16N2O2/c1-7-3-9(5-10(12)4-7)11(15)13-8(2)6-14/h3-5,8,14H,6,12H2,1-2H3,(H,13,15)/t8-/m1/s1. The molecule has 4 heteroatoms. The Morgan fingerprint density at radius 3 is 2.73 bits per heavy atom. The minimum atomic E-state index is -0.251. The molecule has 1 aromatic carbocycles. The maximum Gasteiger partial charge on any atom is 0.251 e. The fourth-order valence-corrected chi connectivity index (χ4v) is 1.30. The number of nitrogen functional groups attached to an aromatic ring is 1. The molecule has 0 saturated carbocycles. The summed E-state index contributed by atoms with van der Waals surface area (Å²) in [5.41, 5.74) is 7.66. The van der Waals surface area contributed by atoms with Crippen LogP contribution in [0.25, 0.3) is 0 Å². The Morgan fingerprint density at radius 2 is 2.20 bits per heavy atom. The van der Waals surface area contributed by atoms with E-state index < -0.39 is 0 Å². The zero-order valence-corrected chi connectivity index (χ0v) is 8.95. The van der Waals surface area contributed by atoms with Gasteiger partial charge in [-0.05, 0) is 37.6 Å². The van der Waals surface area contributed by atoms with E-state index in [4.69, 9.17) is 10.8 Å². The molecule has 1 atom stereocenters. The molecule has 82 valence electrons. The lowest BCUT2D eigenvalue weighted by atomic mass is 10.1. The number of hydrogen-bond acceptors (Lipinski definition) is 3. The van der Waals surface area contributed by atoms with Crippen LogP contribution in [0.3, 0.4) is 0 Å². The fraction of sp³-hybridized carbons (Fsp3) is 0.364. The van der Waals surface area contributed by atoms with Crippen LogP contribution < -0.4 is 11.1 Å². The van der Waals surface area contributed by atoms with Crippen LogP contribution in [0.1, 0.15) is 22.8 Å². The third-order valence-electron chi connectivity index (χ3n) is 2.01. The Bertz CT molecular complexity index is 343. The van der Waals surface area contributed by atoms with Crippen LogP contribution in [0.15, 0.2) is 18.2 Å². The highest BCUT2D eigenvalue weighted by Gasteiger charge is 2.09. The number of nitrogens with one attached hydrogen (secondary N) is 1. The summed E-state index contributed by atoms with van der Waals surface area (Å²) in [4.78, 5) is 11.6. The van der Waals surface area contributed by atoms with Gasteiger partial charge in [0, 0.05) is 17.3 Å². The van der Waals surface area contributed by atoms with E-state index in [1.165, 1.54) is 0 Å². The molecule has 0 aromatic heterocycles. The molecule has 0 unspecified atom stereocenters. The summed E-state index contributed by atoms with van der Waals surface area (Å²) < 4.78 is 0. The van der Waals surface area contributed by atoms with E-state index in [0.29, 0.717) is 11.3 Å². The monoisotopic (exact) mass is 208 g/mol. The van der Waals surface area contributed by atoms with Gasteiger partial charge >= 0.3 is 0 Å². The summed E-state index contributed by atoms with van der Waals surface area (Å²) in [6.07, 6.45) is 0. The van der Waals surface area contributed by atoms with Crippen molar-refractivity contribution in [3.05, 3.63) is 29.3 Å². The Balaban J connectivity index is 2.82. The largest absolute Gasteiger partial charge is 0.399 e. The average Bonchev–Trinajstić information content (AvgIpc) is 2.16. The highest BCUT2D eigenvalue weighted by molar-refractivity contribution is 5.95. The lowest BCUT2D eigenvalue weighted by Gasteiger charge is -2.11. The molecular weight excluding hydrogens is 192 g/mol. The SMILES string of the molecule is Cc1cc(N)cc(C(=O)N[C@H](C)CO)c1. The second-order valence-electron chi connectivity index (χ2n) is 3.69. The first-order valence-electron chi connectivity index (χ1n) is 4.82. The maximum absolute atomic E-state index is 11.6. The maximum atomic E-state index is 11.6. The molecule has 4 N–H and O–H groups in total. The van der Waals surface area contributed by atoms with Crippen molar-refractivity contribution >= 4 is 11.6 Å². The number of aryl methyl sites for hydroxylation is 1. The molecule has 0 radical (unpaired) electrons. The second kappa shape index (κ2) is 4.79. The predicted octanol–water partition coefficient (Wildman–Crippen LogP) is 0.688. The van der Waals surface area contributed by atoms with Gasteiger partial charge in [-0.1, -0.05) is 0 Å². The van der Waals surface area contributed by atoms with Gasteiger partial charge in [-0.2, -0.15) is 0 Å². The lowest BCUT2D eigenvalue weighted by Crippen LogP contribution is -2.35. The quantitative estimate of drug-likeness (QED) is 0.640. The first-order chi connectivity index (χ1) is 7.02. The van der Waals surface area contributed by atoms with Gasteiger partial charge in [0.15, 0.2) is 0 Å². The third-order valence-corrected chi connectivity index (χ3v) is 2.01. The van der Waals surface area contributed by atoms with Crippen molar-refractivity contribution < 1.29 is 9.90 Å². The van der Waals surface area contributed by atoms with Crippen LogP contribution in [-0.4, -0.2) is 23.7 Å². The number of carbonyl (C=O) groups is 1. The van der Waals surface area contributed by atoms with E-state index in [1.54, 1.807) is 25.1 Å². The molecule has 4 nitrogen and oxygen atoms in total. The molecule has 1 aromatic rings. The van der Waals surface area contributed by atoms with Gasteiger partial charge in [0.25, 0.3) is 5.91 Å². The Labute approximate surface area is 89.1 Å². The molecule has 0 spiro atoms. The molecule has 0 aliphatic carbocycles. The number of amides is 1. The van der Waals surface area contributed by atoms with Crippen molar-refractivity contribution in [1.82, 2.24) is 5.32 Å². The van der Waals surface area contributed by atoms with E-state index in [0.717, 1.165) is 5.56 Å². The third kappa shape index (κ3) is 3.25. The summed E-state index contributed by atoms with van der Waals surface area (Å²) in [6.45, 7) is 3.53. The van der Waals surface area contributed by atoms with Gasteiger partial charge in [-0.3, -0.25) is 4.79 Å². The van der Waals surface area contributed by atoms with Crippen molar-refractivity contribution in [2.75, 3.05) is 12.3 Å². The smallest absolute Gasteiger partial charge is 0.251 e. The number of rotatable bonds is 3. The summed E-state index contributed by atoms with van der Waals surface area (Å²) >= 11 is 0. The van der Waals surface area contributed by atoms with E-state index >= 15 is 0 Å². The van der Waals surface area contributed by atoms with Crippen molar-refractivity contribution in [3.63, 3.8) is 0 Å². The highest BCUT2D eigenvalue weighted by Crippen LogP contribution is 2.11. The minimum absolute atomic E-state index is 0.0764. The minimum Gasteiger partial charge on any atom is -0.399 e. The molecule has 1 amide bonds. The molecule has 0 fully saturated rings. The van der Waals surface area contributed by atoms with Gasteiger partial charge in [0.05, 0.1) is 6.61 Å². The number of benzene rings is 1. The molecule has 0 bridgehead atoms. The van der Waals surface area contributed by atoms with Crippen LogP contribution in [0.4, 0.5) is 5.69 Å². The average molecular weight is 208 g/mol. The van der Waals surface area contributed by atoms with Gasteiger partial charge < -0.3 is 16.2 Å². The molecule has 0 aliphatic heterocycles. The normalized spacial score (nSPS) is 12.2. The topological polar surface area (TPSA) is 75.4 Å². The van der Waals surface area contributed by atoms with E-state index in [-0.39, 0.29) is 18.6 Å². The second-order valence-corrected chi connectivity index (χ2v) is 3.69. The first kappa shape index (κ1) is 11.5. The summed E-state index contributed by atoms with van der Waals surface area (Å²) in [5.74, 6) is -0.216. The molecule has 0 saturated heterocycles. The number of anilines is 1. The van der Waals surface area contributed by atoms with Crippen molar-refractivity contribution in [1.29, 1.82) is 0 Å². The summed E-state index contributed by atoms with van der Waals surface area (Å²) in [6, 6.07) is 4.92.